The Bertz CT molecular complexity index is 183. The zero-order valence-electron chi connectivity index (χ0n) is 5.58. The molecule has 0 bridgehead atoms. The van der Waals surface area contributed by atoms with E-state index in [0.29, 0.717) is 11.5 Å². The van der Waals surface area contributed by atoms with Gasteiger partial charge in [-0.25, -0.2) is 0 Å². The van der Waals surface area contributed by atoms with Gasteiger partial charge in [-0.15, -0.1) is 0 Å². The van der Waals surface area contributed by atoms with Crippen molar-refractivity contribution in [3.8, 4) is 11.8 Å². The van der Waals surface area contributed by atoms with Gasteiger partial charge in [0.15, 0.2) is 0 Å². The SMILES string of the molecule is [C-]#C/C(C)=C/[C+](C)C#[C-]. The molecule has 0 saturated heterocycles. The molecule has 0 aromatic rings. The van der Waals surface area contributed by atoms with Crippen molar-refractivity contribution in [1.82, 2.24) is 0 Å². The maximum Gasteiger partial charge on any atom is 0.000792 e. The highest BCUT2D eigenvalue weighted by molar-refractivity contribution is 5.33. The van der Waals surface area contributed by atoms with Crippen LogP contribution >= 0.6 is 0 Å². The lowest BCUT2D eigenvalue weighted by molar-refractivity contribution is 1.34. The summed E-state index contributed by atoms with van der Waals surface area (Å²) in [7, 11) is 0. The normalized spacial score (nSPS) is 9.56. The molecular weight excluding hydrogens is 108 g/mol. The standard InChI is InChI=1S/C9H7/c1-5-8(3)7-9(4)6-2/h7H,3-4H3/q-1/b8-7+. The van der Waals surface area contributed by atoms with E-state index in [1.54, 1.807) is 19.9 Å². The van der Waals surface area contributed by atoms with Crippen molar-refractivity contribution in [2.45, 2.75) is 13.8 Å². The van der Waals surface area contributed by atoms with E-state index in [0.717, 1.165) is 0 Å². The van der Waals surface area contributed by atoms with Crippen LogP contribution in [-0.4, -0.2) is 0 Å². The van der Waals surface area contributed by atoms with E-state index >= 15 is 0 Å². The fourth-order valence-corrected chi connectivity index (χ4v) is 0.397. The van der Waals surface area contributed by atoms with Gasteiger partial charge < -0.3 is 6.42 Å². The van der Waals surface area contributed by atoms with Crippen LogP contribution in [0.25, 0.3) is 0 Å². The first-order valence-corrected chi connectivity index (χ1v) is 2.58. The lowest BCUT2D eigenvalue weighted by Gasteiger charge is -1.93. The summed E-state index contributed by atoms with van der Waals surface area (Å²) in [6, 6.07) is 0. The Labute approximate surface area is 57.0 Å². The lowest BCUT2D eigenvalue weighted by Crippen LogP contribution is -1.80. The third kappa shape index (κ3) is 3.32. The predicted molar refractivity (Wildman–Crippen MR) is 36.9 cm³/mol. The highest BCUT2D eigenvalue weighted by atomic mass is 13.9. The minimum absolute atomic E-state index is 0.715. The summed E-state index contributed by atoms with van der Waals surface area (Å²) in [4.78, 5) is 0. The number of hydrogen-bond acceptors (Lipinski definition) is 0. The van der Waals surface area contributed by atoms with Gasteiger partial charge in [0.1, 0.15) is 0 Å². The van der Waals surface area contributed by atoms with E-state index in [2.05, 4.69) is 11.8 Å². The third-order valence-corrected chi connectivity index (χ3v) is 0.827. The Hall–Kier alpha value is -1.27. The van der Waals surface area contributed by atoms with E-state index in [4.69, 9.17) is 12.8 Å². The van der Waals surface area contributed by atoms with Gasteiger partial charge in [-0.2, -0.15) is 5.92 Å². The highest BCUT2D eigenvalue weighted by Crippen LogP contribution is 2.01. The Balaban J connectivity index is 4.03. The van der Waals surface area contributed by atoms with Crippen LogP contribution in [0, 0.1) is 30.6 Å². The molecule has 0 aromatic carbocycles. The molecule has 0 amide bonds. The zero-order valence-corrected chi connectivity index (χ0v) is 5.58. The average molecular weight is 115 g/mol. The van der Waals surface area contributed by atoms with Crippen LogP contribution < -0.4 is 0 Å². The molecule has 0 nitrogen and oxygen atoms in total. The molecule has 0 aliphatic heterocycles. The fraction of sp³-hybridized carbons (Fsp3) is 0.222. The Morgan fingerprint density at radius 1 is 1.56 bits per heavy atom. The smallest absolute Gasteiger partial charge is 0.000792 e. The molecular formula is C9H7-. The summed E-state index contributed by atoms with van der Waals surface area (Å²) in [5.74, 6) is 5.11. The first-order valence-electron chi connectivity index (χ1n) is 2.58. The second-order valence-electron chi connectivity index (χ2n) is 1.76. The molecule has 0 aliphatic rings. The van der Waals surface area contributed by atoms with E-state index < -0.39 is 0 Å². The zero-order chi connectivity index (χ0) is 7.28. The molecule has 0 unspecified atom stereocenters. The molecule has 0 spiro atoms. The molecule has 0 rings (SSSR count). The van der Waals surface area contributed by atoms with Gasteiger partial charge in [0.25, 0.3) is 0 Å². The van der Waals surface area contributed by atoms with Gasteiger partial charge in [0.05, 0.1) is 0 Å². The Morgan fingerprint density at radius 3 is 2.44 bits per heavy atom. The minimum atomic E-state index is 0.715. The van der Waals surface area contributed by atoms with E-state index in [9.17, 15) is 0 Å². The molecule has 0 heterocycles. The van der Waals surface area contributed by atoms with Crippen LogP contribution in [0.15, 0.2) is 11.6 Å². The molecule has 0 heteroatoms. The van der Waals surface area contributed by atoms with Crippen LogP contribution in [-0.2, 0) is 0 Å². The largest absolute Gasteiger partial charge is 0.344 e. The Kier molecular flexibility index (Phi) is 3.18. The summed E-state index contributed by atoms with van der Waals surface area (Å²) < 4.78 is 0. The second-order valence-corrected chi connectivity index (χ2v) is 1.76. The van der Waals surface area contributed by atoms with Crippen molar-refractivity contribution in [3.63, 3.8) is 0 Å². The fourth-order valence-electron chi connectivity index (χ4n) is 0.397. The minimum Gasteiger partial charge on any atom is -0.344 e. The van der Waals surface area contributed by atoms with Crippen LogP contribution in [0.1, 0.15) is 13.8 Å². The van der Waals surface area contributed by atoms with Crippen molar-refractivity contribution in [2.75, 3.05) is 0 Å². The van der Waals surface area contributed by atoms with Crippen LogP contribution in [0.4, 0.5) is 0 Å². The summed E-state index contributed by atoms with van der Waals surface area (Å²) in [5, 5.41) is 0. The summed E-state index contributed by atoms with van der Waals surface area (Å²) >= 11 is 0. The summed E-state index contributed by atoms with van der Waals surface area (Å²) in [6.45, 7) is 3.52. The Morgan fingerprint density at radius 2 is 2.11 bits per heavy atom. The van der Waals surface area contributed by atoms with Gasteiger partial charge in [0, 0.05) is 5.92 Å². The number of hydrogen-bond donors (Lipinski definition) is 0. The van der Waals surface area contributed by atoms with E-state index in [1.807, 2.05) is 0 Å². The maximum atomic E-state index is 6.66. The van der Waals surface area contributed by atoms with Crippen molar-refractivity contribution in [2.24, 2.45) is 0 Å². The quantitative estimate of drug-likeness (QED) is 0.360. The maximum absolute atomic E-state index is 6.66. The molecule has 0 saturated carbocycles. The molecule has 44 valence electrons. The first-order chi connectivity index (χ1) is 4.20. The van der Waals surface area contributed by atoms with Gasteiger partial charge in [-0.1, -0.05) is 5.92 Å². The average Bonchev–Trinajstić information content (AvgIpc) is 1.87. The topological polar surface area (TPSA) is 0 Å². The second kappa shape index (κ2) is 3.70. The molecule has 0 radical (unpaired) electrons. The number of rotatable bonds is 1. The summed E-state index contributed by atoms with van der Waals surface area (Å²) in [5.41, 5.74) is 0.715. The van der Waals surface area contributed by atoms with Crippen LogP contribution in [0.5, 0.6) is 0 Å². The van der Waals surface area contributed by atoms with Crippen molar-refractivity contribution >= 4 is 0 Å². The van der Waals surface area contributed by atoms with Gasteiger partial charge in [-0.3, -0.25) is 0 Å². The van der Waals surface area contributed by atoms with Gasteiger partial charge in [0.2, 0.25) is 0 Å². The monoisotopic (exact) mass is 115 g/mol. The van der Waals surface area contributed by atoms with Gasteiger partial charge >= 0.3 is 0 Å². The lowest BCUT2D eigenvalue weighted by atomic mass is 10.1. The highest BCUT2D eigenvalue weighted by Gasteiger charge is 1.87. The third-order valence-electron chi connectivity index (χ3n) is 0.827. The molecule has 0 aromatic heterocycles. The van der Waals surface area contributed by atoms with Crippen molar-refractivity contribution in [3.05, 3.63) is 30.4 Å². The molecule has 0 atom stereocenters. The molecule has 0 N–H and O–H groups in total. The van der Waals surface area contributed by atoms with Crippen molar-refractivity contribution in [1.29, 1.82) is 0 Å². The molecule has 9 heavy (non-hydrogen) atoms. The van der Waals surface area contributed by atoms with Crippen LogP contribution in [0.2, 0.25) is 0 Å². The van der Waals surface area contributed by atoms with Crippen LogP contribution in [0.3, 0.4) is 0 Å². The predicted octanol–water partition coefficient (Wildman–Crippen LogP) is 1.71. The number of allylic oxidation sites excluding steroid dienone is 2. The van der Waals surface area contributed by atoms with E-state index in [1.165, 1.54) is 0 Å². The van der Waals surface area contributed by atoms with Crippen molar-refractivity contribution < 1.29 is 0 Å². The molecule has 0 fully saturated rings. The molecule has 0 aliphatic carbocycles. The summed E-state index contributed by atoms with van der Waals surface area (Å²) in [6.07, 6.45) is 15.0. The first kappa shape index (κ1) is 7.73. The van der Waals surface area contributed by atoms with Gasteiger partial charge in [-0.05, 0) is 31.9 Å². The van der Waals surface area contributed by atoms with E-state index in [-0.39, 0.29) is 0 Å².